The SMILES string of the molecule is CNC(=O)[C@H](NCC[C@H](c1ccc(C(F)(F)F)cc1)c1ccc2nc(C)oc2c1)c1ccccc1. The minimum atomic E-state index is -4.40. The molecule has 0 unspecified atom stereocenters. The highest BCUT2D eigenvalue weighted by molar-refractivity contribution is 5.82. The lowest BCUT2D eigenvalue weighted by Crippen LogP contribution is -2.36. The van der Waals surface area contributed by atoms with Gasteiger partial charge in [-0.15, -0.1) is 0 Å². The summed E-state index contributed by atoms with van der Waals surface area (Å²) < 4.78 is 45.0. The van der Waals surface area contributed by atoms with Crippen molar-refractivity contribution in [2.45, 2.75) is 31.5 Å². The molecule has 1 amide bonds. The molecule has 0 saturated heterocycles. The molecule has 4 rings (SSSR count). The van der Waals surface area contributed by atoms with Crippen molar-refractivity contribution in [1.82, 2.24) is 15.6 Å². The first kappa shape index (κ1) is 24.5. The number of hydrogen-bond acceptors (Lipinski definition) is 4. The van der Waals surface area contributed by atoms with Gasteiger partial charge in [-0.2, -0.15) is 13.2 Å². The highest BCUT2D eigenvalue weighted by Crippen LogP contribution is 2.34. The largest absolute Gasteiger partial charge is 0.441 e. The number of amides is 1. The Bertz CT molecular complexity index is 1280. The number of aromatic nitrogens is 1. The maximum Gasteiger partial charge on any atom is 0.416 e. The first-order valence-corrected chi connectivity index (χ1v) is 11.3. The van der Waals surface area contributed by atoms with E-state index in [0.29, 0.717) is 24.4 Å². The summed E-state index contributed by atoms with van der Waals surface area (Å²) in [5.74, 6) is 0.155. The number of oxazole rings is 1. The van der Waals surface area contributed by atoms with Crippen molar-refractivity contribution in [2.24, 2.45) is 0 Å². The number of aryl methyl sites for hydroxylation is 1. The van der Waals surface area contributed by atoms with Crippen molar-refractivity contribution in [1.29, 1.82) is 0 Å². The number of alkyl halides is 3. The third kappa shape index (κ3) is 5.71. The summed E-state index contributed by atoms with van der Waals surface area (Å²) in [4.78, 5) is 16.8. The number of nitrogens with one attached hydrogen (secondary N) is 2. The van der Waals surface area contributed by atoms with Crippen LogP contribution in [0.4, 0.5) is 13.2 Å². The number of rotatable bonds is 8. The molecule has 0 fully saturated rings. The van der Waals surface area contributed by atoms with E-state index in [2.05, 4.69) is 15.6 Å². The number of likely N-dealkylation sites (N-methyl/N-ethyl adjacent to an activating group) is 1. The molecular formula is C27H26F3N3O2. The Kier molecular flexibility index (Phi) is 7.21. The molecule has 2 N–H and O–H groups in total. The number of hydrogen-bond donors (Lipinski definition) is 2. The van der Waals surface area contributed by atoms with Gasteiger partial charge in [-0.25, -0.2) is 4.98 Å². The van der Waals surface area contributed by atoms with Gasteiger partial charge >= 0.3 is 6.18 Å². The zero-order valence-corrected chi connectivity index (χ0v) is 19.4. The molecule has 4 aromatic rings. The second-order valence-electron chi connectivity index (χ2n) is 8.33. The van der Waals surface area contributed by atoms with Crippen molar-refractivity contribution in [3.8, 4) is 0 Å². The van der Waals surface area contributed by atoms with Crippen LogP contribution in [0, 0.1) is 6.92 Å². The Morgan fingerprint density at radius 2 is 1.66 bits per heavy atom. The third-order valence-corrected chi connectivity index (χ3v) is 5.99. The van der Waals surface area contributed by atoms with Crippen molar-refractivity contribution in [3.63, 3.8) is 0 Å². The van der Waals surface area contributed by atoms with E-state index in [4.69, 9.17) is 4.42 Å². The molecule has 8 heteroatoms. The standard InChI is InChI=1S/C27H26F3N3O2/c1-17-33-23-13-10-20(16-24(23)35-17)22(18-8-11-21(12-9-18)27(28,29)30)14-15-32-25(26(34)31-2)19-6-4-3-5-7-19/h3-13,16,22,25,32H,14-15H2,1-2H3,(H,31,34)/t22-,25-/m1/s1. The molecule has 0 bridgehead atoms. The third-order valence-electron chi connectivity index (χ3n) is 5.99. The molecule has 0 saturated carbocycles. The van der Waals surface area contributed by atoms with Gasteiger partial charge < -0.3 is 15.1 Å². The van der Waals surface area contributed by atoms with E-state index >= 15 is 0 Å². The van der Waals surface area contributed by atoms with Gasteiger partial charge in [0.05, 0.1) is 5.56 Å². The Morgan fingerprint density at radius 1 is 0.971 bits per heavy atom. The lowest BCUT2D eigenvalue weighted by Gasteiger charge is -2.22. The first-order valence-electron chi connectivity index (χ1n) is 11.3. The van der Waals surface area contributed by atoms with Gasteiger partial charge in [-0.05, 0) is 53.9 Å². The average Bonchev–Trinajstić information content (AvgIpc) is 3.23. The predicted molar refractivity (Wildman–Crippen MR) is 128 cm³/mol. The zero-order valence-electron chi connectivity index (χ0n) is 19.4. The number of fused-ring (bicyclic) bond motifs is 1. The fourth-order valence-corrected chi connectivity index (χ4v) is 4.23. The molecule has 182 valence electrons. The summed E-state index contributed by atoms with van der Waals surface area (Å²) in [6.45, 7) is 2.21. The number of benzene rings is 3. The lowest BCUT2D eigenvalue weighted by atomic mass is 9.87. The zero-order chi connectivity index (χ0) is 25.0. The van der Waals surface area contributed by atoms with Gasteiger partial charge in [0.15, 0.2) is 11.5 Å². The molecule has 5 nitrogen and oxygen atoms in total. The lowest BCUT2D eigenvalue weighted by molar-refractivity contribution is -0.137. The topological polar surface area (TPSA) is 67.2 Å². The summed E-state index contributed by atoms with van der Waals surface area (Å²) in [5.41, 5.74) is 3.12. The molecule has 0 spiro atoms. The first-order chi connectivity index (χ1) is 16.8. The van der Waals surface area contributed by atoms with Gasteiger partial charge in [-0.1, -0.05) is 48.5 Å². The summed E-state index contributed by atoms with van der Waals surface area (Å²) in [6.07, 6.45) is -3.85. The van der Waals surface area contributed by atoms with Crippen molar-refractivity contribution < 1.29 is 22.4 Å². The van der Waals surface area contributed by atoms with Crippen molar-refractivity contribution >= 4 is 17.0 Å². The van der Waals surface area contributed by atoms with E-state index < -0.39 is 17.8 Å². The van der Waals surface area contributed by atoms with Gasteiger partial charge in [0.2, 0.25) is 5.91 Å². The maximum absolute atomic E-state index is 13.1. The summed E-state index contributed by atoms with van der Waals surface area (Å²) >= 11 is 0. The minimum absolute atomic E-state index is 0.166. The van der Waals surface area contributed by atoms with Gasteiger partial charge in [0.1, 0.15) is 11.6 Å². The Morgan fingerprint density at radius 3 is 2.31 bits per heavy atom. The van der Waals surface area contributed by atoms with Crippen LogP contribution in [0.2, 0.25) is 0 Å². The van der Waals surface area contributed by atoms with Crippen LogP contribution in [0.25, 0.3) is 11.1 Å². The van der Waals surface area contributed by atoms with Crippen molar-refractivity contribution in [3.05, 3.63) is 101 Å². The second kappa shape index (κ2) is 10.3. The van der Waals surface area contributed by atoms with Crippen LogP contribution in [-0.2, 0) is 11.0 Å². The van der Waals surface area contributed by atoms with Crippen LogP contribution in [0.5, 0.6) is 0 Å². The average molecular weight is 482 g/mol. The number of nitrogens with zero attached hydrogens (tertiary/aromatic N) is 1. The molecule has 0 aliphatic rings. The van der Waals surface area contributed by atoms with Gasteiger partial charge in [-0.3, -0.25) is 4.79 Å². The highest BCUT2D eigenvalue weighted by atomic mass is 19.4. The predicted octanol–water partition coefficient (Wildman–Crippen LogP) is 5.75. The maximum atomic E-state index is 13.1. The molecule has 2 atom stereocenters. The Balaban J connectivity index is 1.61. The quantitative estimate of drug-likeness (QED) is 0.336. The van der Waals surface area contributed by atoms with E-state index in [9.17, 15) is 18.0 Å². The van der Waals surface area contributed by atoms with Crippen LogP contribution >= 0.6 is 0 Å². The number of carbonyl (C=O) groups excluding carboxylic acids is 1. The second-order valence-corrected chi connectivity index (χ2v) is 8.33. The molecule has 0 aliphatic carbocycles. The van der Waals surface area contributed by atoms with Crippen LogP contribution in [0.15, 0.2) is 77.2 Å². The number of carbonyl (C=O) groups is 1. The van der Waals surface area contributed by atoms with E-state index in [1.54, 1.807) is 14.0 Å². The minimum Gasteiger partial charge on any atom is -0.441 e. The molecule has 3 aromatic carbocycles. The van der Waals surface area contributed by atoms with Crippen molar-refractivity contribution in [2.75, 3.05) is 13.6 Å². The molecule has 0 radical (unpaired) electrons. The van der Waals surface area contributed by atoms with Gasteiger partial charge in [0.25, 0.3) is 0 Å². The number of halogens is 3. The smallest absolute Gasteiger partial charge is 0.416 e. The van der Waals surface area contributed by atoms with E-state index in [1.165, 1.54) is 12.1 Å². The van der Waals surface area contributed by atoms with Crippen LogP contribution in [0.3, 0.4) is 0 Å². The van der Waals surface area contributed by atoms with E-state index in [-0.39, 0.29) is 11.8 Å². The summed E-state index contributed by atoms with van der Waals surface area (Å²) in [6, 6.07) is 19.7. The fraction of sp³-hybridized carbons (Fsp3) is 0.259. The monoisotopic (exact) mass is 481 g/mol. The van der Waals surface area contributed by atoms with Crippen LogP contribution in [-0.4, -0.2) is 24.5 Å². The highest BCUT2D eigenvalue weighted by Gasteiger charge is 2.30. The van der Waals surface area contributed by atoms with Crippen LogP contribution < -0.4 is 10.6 Å². The fourth-order valence-electron chi connectivity index (χ4n) is 4.23. The van der Waals surface area contributed by atoms with Crippen LogP contribution in [0.1, 0.15) is 46.5 Å². The molecular weight excluding hydrogens is 455 g/mol. The molecule has 35 heavy (non-hydrogen) atoms. The normalized spacial score (nSPS) is 13.5. The molecule has 0 aliphatic heterocycles. The van der Waals surface area contributed by atoms with E-state index in [1.807, 2.05) is 48.5 Å². The molecule has 1 heterocycles. The van der Waals surface area contributed by atoms with E-state index in [0.717, 1.165) is 34.3 Å². The molecule has 1 aromatic heterocycles. The summed E-state index contributed by atoms with van der Waals surface area (Å²) in [5, 5.41) is 5.99. The summed E-state index contributed by atoms with van der Waals surface area (Å²) in [7, 11) is 1.58. The Hall–Kier alpha value is -3.65. The van der Waals surface area contributed by atoms with Gasteiger partial charge in [0, 0.05) is 19.9 Å². The Labute approximate surface area is 201 Å².